The van der Waals surface area contributed by atoms with Crippen molar-refractivity contribution in [1.82, 2.24) is 20.1 Å². The van der Waals surface area contributed by atoms with E-state index in [4.69, 9.17) is 4.42 Å². The van der Waals surface area contributed by atoms with Gasteiger partial charge in [0.05, 0.1) is 19.0 Å². The number of nitrogens with one attached hydrogen (secondary N) is 1. The fourth-order valence-electron chi connectivity index (χ4n) is 6.64. The number of carbonyl (C=O) groups is 4. The first-order valence-electron chi connectivity index (χ1n) is 13.7. The molecular weight excluding hydrogens is 496 g/mol. The van der Waals surface area contributed by atoms with Crippen LogP contribution in [0.3, 0.4) is 0 Å². The minimum absolute atomic E-state index is 0.00422. The molecule has 202 valence electrons. The first kappa shape index (κ1) is 25.3. The lowest BCUT2D eigenvalue weighted by Gasteiger charge is -2.40. The number of hydrogen-bond donors (Lipinski definition) is 1. The van der Waals surface area contributed by atoms with Crippen LogP contribution in [0.4, 0.5) is 0 Å². The topological polar surface area (TPSA) is 113 Å². The Hall–Kier alpha value is -4.01. The number of para-hydroxylation sites is 1. The van der Waals surface area contributed by atoms with Crippen LogP contribution in [0.1, 0.15) is 60.2 Å². The van der Waals surface area contributed by atoms with Crippen LogP contribution in [0.15, 0.2) is 53.2 Å². The number of nitrogens with zero attached hydrogens (tertiary/aromatic N) is 3. The van der Waals surface area contributed by atoms with Crippen molar-refractivity contribution < 1.29 is 23.6 Å². The number of hydrogen-bond acceptors (Lipinski definition) is 6. The van der Waals surface area contributed by atoms with Crippen LogP contribution in [-0.4, -0.2) is 69.0 Å². The maximum atomic E-state index is 14.2. The summed E-state index contributed by atoms with van der Waals surface area (Å²) in [5.41, 5.74) is 1.04. The molecule has 0 radical (unpaired) electrons. The molecule has 3 aromatic rings. The zero-order valence-corrected chi connectivity index (χ0v) is 22.0. The van der Waals surface area contributed by atoms with E-state index in [1.807, 2.05) is 37.3 Å². The number of benzene rings is 1. The summed E-state index contributed by atoms with van der Waals surface area (Å²) in [5.74, 6) is -0.709. The third kappa shape index (κ3) is 4.39. The van der Waals surface area contributed by atoms with Crippen molar-refractivity contribution in [2.75, 3.05) is 13.1 Å². The van der Waals surface area contributed by atoms with Crippen molar-refractivity contribution in [1.29, 1.82) is 0 Å². The zero-order valence-electron chi connectivity index (χ0n) is 22.0. The van der Waals surface area contributed by atoms with E-state index in [0.717, 1.165) is 35.8 Å². The molecule has 9 heteroatoms. The van der Waals surface area contributed by atoms with Gasteiger partial charge in [-0.15, -0.1) is 0 Å². The van der Waals surface area contributed by atoms with E-state index >= 15 is 0 Å². The molecule has 2 saturated heterocycles. The number of amides is 3. The molecule has 6 rings (SSSR count). The Morgan fingerprint density at radius 2 is 1.87 bits per heavy atom. The van der Waals surface area contributed by atoms with E-state index in [1.54, 1.807) is 28.3 Å². The number of furan rings is 1. The highest BCUT2D eigenvalue weighted by Crippen LogP contribution is 2.37. The van der Waals surface area contributed by atoms with Crippen molar-refractivity contribution in [3.8, 4) is 0 Å². The molecule has 3 amide bonds. The van der Waals surface area contributed by atoms with E-state index < -0.39 is 17.5 Å². The van der Waals surface area contributed by atoms with Crippen LogP contribution in [0.5, 0.6) is 0 Å². The van der Waals surface area contributed by atoms with Gasteiger partial charge in [0.15, 0.2) is 11.5 Å². The summed E-state index contributed by atoms with van der Waals surface area (Å²) in [6.07, 6.45) is 7.59. The molecule has 1 saturated carbocycles. The highest BCUT2D eigenvalue weighted by molar-refractivity contribution is 6.04. The van der Waals surface area contributed by atoms with Gasteiger partial charge in [-0.3, -0.25) is 24.2 Å². The second kappa shape index (κ2) is 9.94. The summed E-state index contributed by atoms with van der Waals surface area (Å²) in [4.78, 5) is 61.4. The van der Waals surface area contributed by atoms with Crippen LogP contribution in [0.25, 0.3) is 11.0 Å². The average molecular weight is 529 g/mol. The van der Waals surface area contributed by atoms with Crippen LogP contribution in [-0.2, 0) is 20.8 Å². The molecule has 2 aromatic heterocycles. The number of Topliss-reactive ketones (excluding diaryl/α,β-unsaturated/α-hetero) is 1. The highest BCUT2D eigenvalue weighted by Gasteiger charge is 2.55. The van der Waals surface area contributed by atoms with E-state index in [2.05, 4.69) is 10.3 Å². The second-order valence-electron chi connectivity index (χ2n) is 11.0. The smallest absolute Gasteiger partial charge is 0.288 e. The Morgan fingerprint density at radius 1 is 1.08 bits per heavy atom. The van der Waals surface area contributed by atoms with Gasteiger partial charge in [0, 0.05) is 29.9 Å². The van der Waals surface area contributed by atoms with Gasteiger partial charge < -0.3 is 19.5 Å². The Labute approximate surface area is 226 Å². The molecule has 2 aliphatic heterocycles. The first-order chi connectivity index (χ1) is 18.9. The zero-order chi connectivity index (χ0) is 27.1. The average Bonchev–Trinajstić information content (AvgIpc) is 3.63. The molecule has 9 nitrogen and oxygen atoms in total. The van der Waals surface area contributed by atoms with Gasteiger partial charge in [-0.05, 0) is 43.9 Å². The van der Waals surface area contributed by atoms with Crippen LogP contribution in [0.2, 0.25) is 0 Å². The summed E-state index contributed by atoms with van der Waals surface area (Å²) in [5, 5.41) is 3.93. The Morgan fingerprint density at radius 3 is 2.62 bits per heavy atom. The number of rotatable bonds is 5. The molecule has 39 heavy (non-hydrogen) atoms. The van der Waals surface area contributed by atoms with Crippen molar-refractivity contribution >= 4 is 34.5 Å². The third-order valence-corrected chi connectivity index (χ3v) is 8.60. The Balaban J connectivity index is 1.23. The van der Waals surface area contributed by atoms with Gasteiger partial charge >= 0.3 is 0 Å². The number of aromatic nitrogens is 1. The van der Waals surface area contributed by atoms with Crippen LogP contribution in [0, 0.1) is 6.92 Å². The standard InChI is InChI=1S/C30H32N4O5/c1-19-21-9-3-4-10-24(21)39-27(19)28(37)32-30(12-5-2-6-13-30)29(38)33-15-11-22-26(33)23(35)18-34(22)25(36)16-20-8-7-14-31-17-20/h3-4,7-10,14,17,22,26H,2,5-6,11-13,15-16,18H2,1H3,(H,32,37). The van der Waals surface area contributed by atoms with Crippen molar-refractivity contribution in [2.45, 2.75) is 69.5 Å². The monoisotopic (exact) mass is 528 g/mol. The van der Waals surface area contributed by atoms with Crippen molar-refractivity contribution in [3.63, 3.8) is 0 Å². The Kier molecular flexibility index (Phi) is 6.45. The van der Waals surface area contributed by atoms with Crippen LogP contribution >= 0.6 is 0 Å². The molecule has 2 atom stereocenters. The molecule has 0 bridgehead atoms. The van der Waals surface area contributed by atoms with E-state index in [0.29, 0.717) is 31.4 Å². The van der Waals surface area contributed by atoms with E-state index in [9.17, 15) is 19.2 Å². The second-order valence-corrected chi connectivity index (χ2v) is 11.0. The minimum atomic E-state index is -1.11. The number of aryl methyl sites for hydroxylation is 1. The fraction of sp³-hybridized carbons (Fsp3) is 0.433. The molecule has 1 N–H and O–H groups in total. The number of fused-ring (bicyclic) bond motifs is 2. The van der Waals surface area contributed by atoms with Crippen molar-refractivity contribution in [2.24, 2.45) is 0 Å². The lowest BCUT2D eigenvalue weighted by molar-refractivity contribution is -0.143. The van der Waals surface area contributed by atoms with Gasteiger partial charge in [-0.25, -0.2) is 0 Å². The SMILES string of the molecule is Cc1c(C(=O)NC2(C(=O)N3CCC4C3C(=O)CN4C(=O)Cc3cccnc3)CCCCC2)oc2ccccc12. The molecule has 3 aliphatic rings. The largest absolute Gasteiger partial charge is 0.451 e. The van der Waals surface area contributed by atoms with E-state index in [-0.39, 0.29) is 42.4 Å². The summed E-state index contributed by atoms with van der Waals surface area (Å²) in [7, 11) is 0. The summed E-state index contributed by atoms with van der Waals surface area (Å²) in [6.45, 7) is 2.21. The third-order valence-electron chi connectivity index (χ3n) is 8.60. The number of ketones is 1. The lowest BCUT2D eigenvalue weighted by atomic mass is 9.80. The maximum absolute atomic E-state index is 14.2. The molecule has 4 heterocycles. The van der Waals surface area contributed by atoms with Gasteiger partial charge in [-0.2, -0.15) is 0 Å². The van der Waals surface area contributed by atoms with Crippen molar-refractivity contribution in [3.05, 3.63) is 65.7 Å². The van der Waals surface area contributed by atoms with Gasteiger partial charge in [0.25, 0.3) is 5.91 Å². The molecular formula is C30H32N4O5. The van der Waals surface area contributed by atoms with E-state index in [1.165, 1.54) is 0 Å². The molecule has 3 fully saturated rings. The lowest BCUT2D eigenvalue weighted by Crippen LogP contribution is -2.62. The maximum Gasteiger partial charge on any atom is 0.288 e. The number of likely N-dealkylation sites (tertiary alicyclic amines) is 2. The predicted octanol–water partition coefficient (Wildman–Crippen LogP) is 3.19. The molecule has 1 aliphatic carbocycles. The first-order valence-corrected chi connectivity index (χ1v) is 13.7. The fourth-order valence-corrected chi connectivity index (χ4v) is 6.64. The molecule has 2 unspecified atom stereocenters. The van der Waals surface area contributed by atoms with Gasteiger partial charge in [0.2, 0.25) is 11.8 Å². The minimum Gasteiger partial charge on any atom is -0.451 e. The highest BCUT2D eigenvalue weighted by atomic mass is 16.3. The summed E-state index contributed by atoms with van der Waals surface area (Å²) < 4.78 is 5.89. The normalized spacial score (nSPS) is 22.2. The Bertz CT molecular complexity index is 1440. The number of pyridine rings is 1. The number of carbonyl (C=O) groups excluding carboxylic acids is 4. The molecule has 1 aromatic carbocycles. The quantitative estimate of drug-likeness (QED) is 0.544. The summed E-state index contributed by atoms with van der Waals surface area (Å²) >= 11 is 0. The summed E-state index contributed by atoms with van der Waals surface area (Å²) in [6, 6.07) is 10.1. The predicted molar refractivity (Wildman–Crippen MR) is 143 cm³/mol. The molecule has 0 spiro atoms. The van der Waals surface area contributed by atoms with Gasteiger partial charge in [-0.1, -0.05) is 43.5 Å². The van der Waals surface area contributed by atoms with Gasteiger partial charge in [0.1, 0.15) is 17.2 Å². The van der Waals surface area contributed by atoms with Crippen LogP contribution < -0.4 is 5.32 Å².